The van der Waals surface area contributed by atoms with E-state index in [-0.39, 0.29) is 11.8 Å². The van der Waals surface area contributed by atoms with Crippen molar-refractivity contribution in [2.75, 3.05) is 10.6 Å². The standard InChI is InChI=1S/C20H16ClN3O2S/c1-13-18(19(26)23-16-9-5-8-15(21)12-16)27-20(22-13)24-17(25)11-10-14-6-3-2-4-7-14/h2-12H,1H3,(H,23,26)(H,22,24,25)/b11-10+. The van der Waals surface area contributed by atoms with Crippen LogP contribution in [0, 0.1) is 6.92 Å². The van der Waals surface area contributed by atoms with Gasteiger partial charge in [0, 0.05) is 16.8 Å². The number of rotatable bonds is 5. The third-order valence-electron chi connectivity index (χ3n) is 3.54. The highest BCUT2D eigenvalue weighted by molar-refractivity contribution is 7.17. The molecule has 1 heterocycles. The van der Waals surface area contributed by atoms with Gasteiger partial charge >= 0.3 is 0 Å². The van der Waals surface area contributed by atoms with Crippen LogP contribution in [0.3, 0.4) is 0 Å². The van der Waals surface area contributed by atoms with Crippen molar-refractivity contribution in [3.63, 3.8) is 0 Å². The van der Waals surface area contributed by atoms with Crippen molar-refractivity contribution in [1.29, 1.82) is 0 Å². The Kier molecular flexibility index (Phi) is 6.01. The number of thiazole rings is 1. The lowest BCUT2D eigenvalue weighted by Crippen LogP contribution is -2.11. The SMILES string of the molecule is Cc1nc(NC(=O)/C=C/c2ccccc2)sc1C(=O)Nc1cccc(Cl)c1. The summed E-state index contributed by atoms with van der Waals surface area (Å²) in [6, 6.07) is 16.4. The molecule has 136 valence electrons. The molecule has 3 rings (SSSR count). The van der Waals surface area contributed by atoms with Crippen molar-refractivity contribution in [2.24, 2.45) is 0 Å². The van der Waals surface area contributed by atoms with Crippen LogP contribution in [-0.4, -0.2) is 16.8 Å². The molecule has 0 aliphatic carbocycles. The molecule has 0 aliphatic rings. The summed E-state index contributed by atoms with van der Waals surface area (Å²) in [6.45, 7) is 1.72. The van der Waals surface area contributed by atoms with Crippen LogP contribution in [-0.2, 0) is 4.79 Å². The molecular weight excluding hydrogens is 382 g/mol. The van der Waals surface area contributed by atoms with Crippen molar-refractivity contribution in [3.05, 3.63) is 81.8 Å². The molecule has 2 aromatic carbocycles. The van der Waals surface area contributed by atoms with E-state index in [2.05, 4.69) is 15.6 Å². The third kappa shape index (κ3) is 5.26. The average Bonchev–Trinajstić information content (AvgIpc) is 3.01. The number of carbonyl (C=O) groups is 2. The van der Waals surface area contributed by atoms with E-state index in [1.54, 1.807) is 37.3 Å². The van der Waals surface area contributed by atoms with Crippen molar-refractivity contribution in [3.8, 4) is 0 Å². The molecule has 0 saturated heterocycles. The maximum Gasteiger partial charge on any atom is 0.267 e. The molecule has 0 atom stereocenters. The summed E-state index contributed by atoms with van der Waals surface area (Å²) in [5.74, 6) is -0.609. The summed E-state index contributed by atoms with van der Waals surface area (Å²) < 4.78 is 0. The molecular formula is C20H16ClN3O2S. The van der Waals surface area contributed by atoms with E-state index < -0.39 is 0 Å². The van der Waals surface area contributed by atoms with E-state index in [4.69, 9.17) is 11.6 Å². The minimum absolute atomic E-state index is 0.299. The zero-order valence-electron chi connectivity index (χ0n) is 14.4. The fourth-order valence-electron chi connectivity index (χ4n) is 2.30. The first kappa shape index (κ1) is 18.8. The zero-order chi connectivity index (χ0) is 19.2. The first-order valence-corrected chi connectivity index (χ1v) is 9.29. The Hall–Kier alpha value is -2.96. The number of aryl methyl sites for hydroxylation is 1. The summed E-state index contributed by atoms with van der Waals surface area (Å²) in [5, 5.41) is 6.36. The third-order valence-corrected chi connectivity index (χ3v) is 4.85. The monoisotopic (exact) mass is 397 g/mol. The molecule has 0 radical (unpaired) electrons. The Morgan fingerprint density at radius 3 is 2.59 bits per heavy atom. The lowest BCUT2D eigenvalue weighted by Gasteiger charge is -2.03. The highest BCUT2D eigenvalue weighted by Crippen LogP contribution is 2.24. The maximum atomic E-state index is 12.4. The van der Waals surface area contributed by atoms with Crippen molar-refractivity contribution in [1.82, 2.24) is 4.98 Å². The lowest BCUT2D eigenvalue weighted by atomic mass is 10.2. The Bertz CT molecular complexity index is 999. The lowest BCUT2D eigenvalue weighted by molar-refractivity contribution is -0.111. The summed E-state index contributed by atoms with van der Waals surface area (Å²) >= 11 is 7.05. The fourth-order valence-corrected chi connectivity index (χ4v) is 3.35. The van der Waals surface area contributed by atoms with Crippen LogP contribution >= 0.6 is 22.9 Å². The molecule has 2 amide bonds. The van der Waals surface area contributed by atoms with Crippen LogP contribution in [0.4, 0.5) is 10.8 Å². The molecule has 0 fully saturated rings. The molecule has 0 saturated carbocycles. The van der Waals surface area contributed by atoms with Crippen LogP contribution in [0.2, 0.25) is 5.02 Å². The van der Waals surface area contributed by atoms with Gasteiger partial charge in [-0.25, -0.2) is 4.98 Å². The second-order valence-corrected chi connectivity index (χ2v) is 7.07. The van der Waals surface area contributed by atoms with E-state index in [0.717, 1.165) is 16.9 Å². The highest BCUT2D eigenvalue weighted by atomic mass is 35.5. The minimum atomic E-state index is -0.311. The van der Waals surface area contributed by atoms with Gasteiger partial charge in [-0.2, -0.15) is 0 Å². The van der Waals surface area contributed by atoms with Crippen molar-refractivity contribution >= 4 is 51.6 Å². The van der Waals surface area contributed by atoms with Crippen molar-refractivity contribution < 1.29 is 9.59 Å². The van der Waals surface area contributed by atoms with E-state index >= 15 is 0 Å². The number of carbonyl (C=O) groups excluding carboxylic acids is 2. The first-order chi connectivity index (χ1) is 13.0. The van der Waals surface area contributed by atoms with E-state index in [9.17, 15) is 9.59 Å². The fraction of sp³-hybridized carbons (Fsp3) is 0.0500. The Morgan fingerprint density at radius 1 is 1.07 bits per heavy atom. The Labute approximate surface area is 165 Å². The van der Waals surface area contributed by atoms with Crippen molar-refractivity contribution in [2.45, 2.75) is 6.92 Å². The van der Waals surface area contributed by atoms with E-state index in [0.29, 0.717) is 26.4 Å². The minimum Gasteiger partial charge on any atom is -0.321 e. The van der Waals surface area contributed by atoms with Crippen LogP contribution < -0.4 is 10.6 Å². The molecule has 1 aromatic heterocycles. The van der Waals surface area contributed by atoms with Gasteiger partial charge in [0.05, 0.1) is 5.69 Å². The molecule has 2 N–H and O–H groups in total. The number of nitrogens with zero attached hydrogens (tertiary/aromatic N) is 1. The topological polar surface area (TPSA) is 71.1 Å². The summed E-state index contributed by atoms with van der Waals surface area (Å²) in [7, 11) is 0. The molecule has 3 aromatic rings. The number of halogens is 1. The number of hydrogen-bond donors (Lipinski definition) is 2. The molecule has 0 unspecified atom stereocenters. The summed E-state index contributed by atoms with van der Waals surface area (Å²) in [4.78, 5) is 29.2. The van der Waals surface area contributed by atoms with E-state index in [1.807, 2.05) is 30.3 Å². The van der Waals surface area contributed by atoms with Gasteiger partial charge in [0.25, 0.3) is 5.91 Å². The molecule has 0 bridgehead atoms. The first-order valence-electron chi connectivity index (χ1n) is 8.10. The quantitative estimate of drug-likeness (QED) is 0.594. The summed E-state index contributed by atoms with van der Waals surface area (Å²) in [6.07, 6.45) is 3.14. The number of amides is 2. The normalized spacial score (nSPS) is 10.7. The van der Waals surface area contributed by atoms with Gasteiger partial charge in [-0.1, -0.05) is 59.3 Å². The van der Waals surface area contributed by atoms with Crippen LogP contribution in [0.5, 0.6) is 0 Å². The predicted molar refractivity (Wildman–Crippen MR) is 110 cm³/mol. The summed E-state index contributed by atoms with van der Waals surface area (Å²) in [5.41, 5.74) is 2.06. The average molecular weight is 398 g/mol. The van der Waals surface area contributed by atoms with Gasteiger partial charge in [-0.05, 0) is 36.8 Å². The Morgan fingerprint density at radius 2 is 1.85 bits per heavy atom. The number of anilines is 2. The molecule has 5 nitrogen and oxygen atoms in total. The second-order valence-electron chi connectivity index (χ2n) is 5.63. The molecule has 0 spiro atoms. The second kappa shape index (κ2) is 8.62. The van der Waals surface area contributed by atoms with Crippen LogP contribution in [0.1, 0.15) is 20.9 Å². The van der Waals surface area contributed by atoms with Crippen LogP contribution in [0.25, 0.3) is 6.08 Å². The molecule has 7 heteroatoms. The predicted octanol–water partition coefficient (Wildman–Crippen LogP) is 5.01. The number of nitrogens with one attached hydrogen (secondary N) is 2. The Balaban J connectivity index is 1.66. The zero-order valence-corrected chi connectivity index (χ0v) is 16.0. The van der Waals surface area contributed by atoms with Gasteiger partial charge < -0.3 is 5.32 Å². The highest BCUT2D eigenvalue weighted by Gasteiger charge is 2.16. The number of aromatic nitrogens is 1. The largest absolute Gasteiger partial charge is 0.321 e. The van der Waals surface area contributed by atoms with Gasteiger partial charge in [0.15, 0.2) is 5.13 Å². The molecule has 0 aliphatic heterocycles. The maximum absolute atomic E-state index is 12.4. The number of benzene rings is 2. The number of hydrogen-bond acceptors (Lipinski definition) is 4. The van der Waals surface area contributed by atoms with Gasteiger partial charge in [-0.3, -0.25) is 14.9 Å². The molecule has 27 heavy (non-hydrogen) atoms. The smallest absolute Gasteiger partial charge is 0.267 e. The van der Waals surface area contributed by atoms with E-state index in [1.165, 1.54) is 6.08 Å². The van der Waals surface area contributed by atoms with Gasteiger partial charge in [-0.15, -0.1) is 0 Å². The van der Waals surface area contributed by atoms with Gasteiger partial charge in [0.2, 0.25) is 5.91 Å². The van der Waals surface area contributed by atoms with Gasteiger partial charge in [0.1, 0.15) is 4.88 Å². The van der Waals surface area contributed by atoms with Crippen LogP contribution in [0.15, 0.2) is 60.7 Å².